The number of anilines is 1. The third-order valence-corrected chi connectivity index (χ3v) is 3.23. The number of pyridine rings is 1. The summed E-state index contributed by atoms with van der Waals surface area (Å²) in [6.07, 6.45) is 8.90. The van der Waals surface area contributed by atoms with Crippen molar-refractivity contribution < 1.29 is 4.74 Å². The zero-order valence-electron chi connectivity index (χ0n) is 10.6. The first-order chi connectivity index (χ1) is 8.34. The molecule has 0 radical (unpaired) electrons. The van der Waals surface area contributed by atoms with Crippen LogP contribution in [0.3, 0.4) is 0 Å². The maximum absolute atomic E-state index is 5.84. The van der Waals surface area contributed by atoms with Crippen LogP contribution in [0, 0.1) is 6.92 Å². The van der Waals surface area contributed by atoms with Gasteiger partial charge in [-0.2, -0.15) is 0 Å². The minimum atomic E-state index is 0.497. The highest BCUT2D eigenvalue weighted by Gasteiger charge is 2.12. The van der Waals surface area contributed by atoms with E-state index in [1.54, 1.807) is 0 Å². The molecule has 1 N–H and O–H groups in total. The van der Waals surface area contributed by atoms with Crippen molar-refractivity contribution in [1.82, 2.24) is 4.98 Å². The molecule has 0 saturated heterocycles. The molecule has 17 heavy (non-hydrogen) atoms. The van der Waals surface area contributed by atoms with E-state index in [4.69, 9.17) is 4.74 Å². The van der Waals surface area contributed by atoms with Gasteiger partial charge in [0.2, 0.25) is 0 Å². The molecule has 1 aromatic rings. The topological polar surface area (TPSA) is 34.1 Å². The summed E-state index contributed by atoms with van der Waals surface area (Å²) in [6.45, 7) is 3.66. The Morgan fingerprint density at radius 3 is 2.82 bits per heavy atom. The fraction of sp³-hybridized carbons (Fsp3) is 0.643. The average Bonchev–Trinajstić information content (AvgIpc) is 2.38. The summed E-state index contributed by atoms with van der Waals surface area (Å²) < 4.78 is 5.84. The molecule has 1 heterocycles. The lowest BCUT2D eigenvalue weighted by molar-refractivity contribution is 0.0347. The zero-order valence-corrected chi connectivity index (χ0v) is 10.6. The summed E-state index contributed by atoms with van der Waals surface area (Å²) in [5.41, 5.74) is 1.19. The Balaban J connectivity index is 1.60. The molecule has 0 amide bonds. The van der Waals surface area contributed by atoms with Crippen LogP contribution in [0.1, 0.15) is 37.7 Å². The molecule has 1 aliphatic rings. The van der Waals surface area contributed by atoms with Crippen LogP contribution >= 0.6 is 0 Å². The average molecular weight is 234 g/mol. The molecule has 0 spiro atoms. The third-order valence-electron chi connectivity index (χ3n) is 3.23. The van der Waals surface area contributed by atoms with Crippen molar-refractivity contribution >= 4 is 5.82 Å². The van der Waals surface area contributed by atoms with E-state index < -0.39 is 0 Å². The number of nitrogens with one attached hydrogen (secondary N) is 1. The van der Waals surface area contributed by atoms with E-state index in [0.717, 1.165) is 19.0 Å². The van der Waals surface area contributed by atoms with Gasteiger partial charge in [-0.3, -0.25) is 0 Å². The van der Waals surface area contributed by atoms with Gasteiger partial charge in [0.05, 0.1) is 12.7 Å². The van der Waals surface area contributed by atoms with Crippen LogP contribution in [-0.2, 0) is 4.74 Å². The highest BCUT2D eigenvalue weighted by Crippen LogP contribution is 2.19. The summed E-state index contributed by atoms with van der Waals surface area (Å²) in [7, 11) is 0. The Hall–Kier alpha value is -1.09. The van der Waals surface area contributed by atoms with Gasteiger partial charge in [0.25, 0.3) is 0 Å². The Morgan fingerprint density at radius 2 is 2.12 bits per heavy atom. The molecule has 1 fully saturated rings. The zero-order chi connectivity index (χ0) is 11.9. The predicted octanol–water partition coefficient (Wildman–Crippen LogP) is 3.15. The second-order valence-electron chi connectivity index (χ2n) is 4.78. The van der Waals surface area contributed by atoms with Crippen molar-refractivity contribution in [3.63, 3.8) is 0 Å². The number of nitrogens with zero attached hydrogens (tertiary/aromatic N) is 1. The number of aryl methyl sites for hydroxylation is 1. The summed E-state index contributed by atoms with van der Waals surface area (Å²) in [5, 5.41) is 3.28. The van der Waals surface area contributed by atoms with E-state index in [-0.39, 0.29) is 0 Å². The first kappa shape index (κ1) is 12.4. The van der Waals surface area contributed by atoms with Crippen LogP contribution in [0.4, 0.5) is 5.82 Å². The van der Waals surface area contributed by atoms with Crippen LogP contribution in [0.2, 0.25) is 0 Å². The van der Waals surface area contributed by atoms with Gasteiger partial charge in [-0.25, -0.2) is 4.98 Å². The molecule has 2 rings (SSSR count). The number of ether oxygens (including phenoxy) is 1. The maximum atomic E-state index is 5.84. The highest BCUT2D eigenvalue weighted by atomic mass is 16.5. The van der Waals surface area contributed by atoms with Crippen molar-refractivity contribution in [2.24, 2.45) is 0 Å². The fourth-order valence-corrected chi connectivity index (χ4v) is 2.21. The van der Waals surface area contributed by atoms with Crippen LogP contribution in [-0.4, -0.2) is 24.2 Å². The molecule has 1 aromatic heterocycles. The smallest absolute Gasteiger partial charge is 0.125 e. The molecular formula is C14H22N2O. The van der Waals surface area contributed by atoms with Gasteiger partial charge >= 0.3 is 0 Å². The first-order valence-electron chi connectivity index (χ1n) is 6.63. The molecule has 94 valence electrons. The second-order valence-corrected chi connectivity index (χ2v) is 4.78. The summed E-state index contributed by atoms with van der Waals surface area (Å²) in [5.74, 6) is 0.933. The van der Waals surface area contributed by atoms with Crippen LogP contribution in [0.15, 0.2) is 18.3 Å². The summed E-state index contributed by atoms with van der Waals surface area (Å²) >= 11 is 0. The Morgan fingerprint density at radius 1 is 1.29 bits per heavy atom. The normalized spacial score (nSPS) is 17.0. The van der Waals surface area contributed by atoms with E-state index >= 15 is 0 Å². The third kappa shape index (κ3) is 4.35. The van der Waals surface area contributed by atoms with Gasteiger partial charge in [-0.15, -0.1) is 0 Å². The molecule has 0 aromatic carbocycles. The maximum Gasteiger partial charge on any atom is 0.125 e. The molecule has 1 saturated carbocycles. The number of hydrogen-bond acceptors (Lipinski definition) is 3. The predicted molar refractivity (Wildman–Crippen MR) is 70.3 cm³/mol. The van der Waals surface area contributed by atoms with Gasteiger partial charge in [0.15, 0.2) is 0 Å². The minimum Gasteiger partial charge on any atom is -0.376 e. The van der Waals surface area contributed by atoms with Gasteiger partial charge in [-0.1, -0.05) is 25.3 Å². The lowest BCUT2D eigenvalue weighted by Gasteiger charge is -2.22. The molecule has 0 unspecified atom stereocenters. The van der Waals surface area contributed by atoms with Crippen molar-refractivity contribution in [3.05, 3.63) is 23.9 Å². The standard InChI is InChI=1S/C14H22N2O/c1-12-7-8-14(16-11-12)15-9-10-17-13-5-3-2-4-6-13/h7-8,11,13H,2-6,9-10H2,1H3,(H,15,16). The fourth-order valence-electron chi connectivity index (χ4n) is 2.21. The van der Waals surface area contributed by atoms with Crippen LogP contribution in [0.25, 0.3) is 0 Å². The number of rotatable bonds is 5. The van der Waals surface area contributed by atoms with Crippen LogP contribution < -0.4 is 5.32 Å². The molecule has 1 aliphatic carbocycles. The van der Waals surface area contributed by atoms with E-state index in [1.807, 2.05) is 19.2 Å². The van der Waals surface area contributed by atoms with E-state index in [2.05, 4.69) is 16.4 Å². The van der Waals surface area contributed by atoms with E-state index in [1.165, 1.54) is 37.7 Å². The lowest BCUT2D eigenvalue weighted by atomic mass is 9.98. The molecule has 3 heteroatoms. The lowest BCUT2D eigenvalue weighted by Crippen LogP contribution is -2.20. The Kier molecular flexibility index (Phi) is 4.80. The number of hydrogen-bond donors (Lipinski definition) is 1. The van der Waals surface area contributed by atoms with E-state index in [0.29, 0.717) is 6.10 Å². The quantitative estimate of drug-likeness (QED) is 0.795. The Bertz CT molecular complexity index is 317. The monoisotopic (exact) mass is 234 g/mol. The van der Waals surface area contributed by atoms with Crippen molar-refractivity contribution in [2.45, 2.75) is 45.1 Å². The molecule has 0 atom stereocenters. The van der Waals surface area contributed by atoms with Crippen LogP contribution in [0.5, 0.6) is 0 Å². The Labute approximate surface area is 104 Å². The molecular weight excluding hydrogens is 212 g/mol. The minimum absolute atomic E-state index is 0.497. The largest absolute Gasteiger partial charge is 0.376 e. The number of aromatic nitrogens is 1. The SMILES string of the molecule is Cc1ccc(NCCOC2CCCCC2)nc1. The van der Waals surface area contributed by atoms with Gasteiger partial charge in [0, 0.05) is 12.7 Å². The molecule has 0 aliphatic heterocycles. The highest BCUT2D eigenvalue weighted by molar-refractivity contribution is 5.34. The van der Waals surface area contributed by atoms with Gasteiger partial charge < -0.3 is 10.1 Å². The summed E-state index contributed by atoms with van der Waals surface area (Å²) in [4.78, 5) is 4.30. The molecule has 3 nitrogen and oxygen atoms in total. The van der Waals surface area contributed by atoms with Gasteiger partial charge in [0.1, 0.15) is 5.82 Å². The summed E-state index contributed by atoms with van der Waals surface area (Å²) in [6, 6.07) is 4.08. The van der Waals surface area contributed by atoms with Crippen molar-refractivity contribution in [2.75, 3.05) is 18.5 Å². The van der Waals surface area contributed by atoms with Gasteiger partial charge in [-0.05, 0) is 31.4 Å². The van der Waals surface area contributed by atoms with Crippen molar-refractivity contribution in [1.29, 1.82) is 0 Å². The first-order valence-corrected chi connectivity index (χ1v) is 6.63. The van der Waals surface area contributed by atoms with Crippen molar-refractivity contribution in [3.8, 4) is 0 Å². The molecule has 0 bridgehead atoms. The van der Waals surface area contributed by atoms with E-state index in [9.17, 15) is 0 Å². The second kappa shape index (κ2) is 6.60.